The second kappa shape index (κ2) is 5.72. The lowest BCUT2D eigenvalue weighted by Gasteiger charge is -2.52. The molecular formula is C15H26N2O3. The van der Waals surface area contributed by atoms with E-state index in [0.717, 1.165) is 38.5 Å². The molecule has 2 aliphatic rings. The highest BCUT2D eigenvalue weighted by atomic mass is 16.5. The van der Waals surface area contributed by atoms with Crippen molar-refractivity contribution in [2.75, 3.05) is 20.3 Å². The molecule has 2 rings (SSSR count). The summed E-state index contributed by atoms with van der Waals surface area (Å²) in [6.07, 6.45) is 5.52. The van der Waals surface area contributed by atoms with Gasteiger partial charge in [0.05, 0.1) is 0 Å². The molecule has 0 aromatic rings. The van der Waals surface area contributed by atoms with Crippen molar-refractivity contribution in [3.05, 3.63) is 0 Å². The Balaban J connectivity index is 2.25. The minimum absolute atomic E-state index is 0.0271. The highest BCUT2D eigenvalue weighted by Gasteiger charge is 2.54. The number of nitrogens with one attached hydrogen (secondary N) is 1. The number of nitrogens with zero attached hydrogens (tertiary/aromatic N) is 1. The number of hydrogen-bond donors (Lipinski definition) is 1. The van der Waals surface area contributed by atoms with Crippen LogP contribution >= 0.6 is 0 Å². The molecule has 0 unspecified atom stereocenters. The maximum atomic E-state index is 12.7. The lowest BCUT2D eigenvalue weighted by molar-refractivity contribution is -0.164. The molecule has 1 aliphatic carbocycles. The van der Waals surface area contributed by atoms with Crippen LogP contribution in [0.25, 0.3) is 0 Å². The molecule has 0 aromatic heterocycles. The number of ether oxygens (including phenoxy) is 1. The van der Waals surface area contributed by atoms with E-state index in [4.69, 9.17) is 4.74 Å². The number of piperazine rings is 1. The highest BCUT2D eigenvalue weighted by molar-refractivity contribution is 6.01. The van der Waals surface area contributed by atoms with Crippen molar-refractivity contribution in [3.63, 3.8) is 0 Å². The van der Waals surface area contributed by atoms with E-state index in [1.165, 1.54) is 0 Å². The standard InChI is InChI=1S/C15H26N2O3/c1-14(2)13(19)17(10-7-11-20-3)15(12(18)16-14)8-5-4-6-9-15/h4-11H2,1-3H3,(H,16,18). The molecule has 20 heavy (non-hydrogen) atoms. The third-order valence-corrected chi connectivity index (χ3v) is 4.56. The van der Waals surface area contributed by atoms with Gasteiger partial charge >= 0.3 is 0 Å². The summed E-state index contributed by atoms with van der Waals surface area (Å²) in [6, 6.07) is 0. The molecule has 1 saturated carbocycles. The average molecular weight is 282 g/mol. The Morgan fingerprint density at radius 3 is 2.45 bits per heavy atom. The van der Waals surface area contributed by atoms with Crippen LogP contribution in [0.2, 0.25) is 0 Å². The molecule has 5 heteroatoms. The minimum atomic E-state index is -0.799. The van der Waals surface area contributed by atoms with E-state index in [9.17, 15) is 9.59 Å². The molecule has 5 nitrogen and oxygen atoms in total. The van der Waals surface area contributed by atoms with Crippen LogP contribution in [0.15, 0.2) is 0 Å². The van der Waals surface area contributed by atoms with E-state index in [0.29, 0.717) is 13.2 Å². The Hall–Kier alpha value is -1.10. The van der Waals surface area contributed by atoms with Crippen molar-refractivity contribution in [1.82, 2.24) is 10.2 Å². The predicted molar refractivity (Wildman–Crippen MR) is 76.2 cm³/mol. The molecule has 0 atom stereocenters. The lowest BCUT2D eigenvalue weighted by atomic mass is 9.76. The zero-order valence-electron chi connectivity index (χ0n) is 12.8. The smallest absolute Gasteiger partial charge is 0.248 e. The number of rotatable bonds is 4. The summed E-state index contributed by atoms with van der Waals surface area (Å²) in [5.41, 5.74) is -1.41. The Labute approximate surface area is 121 Å². The summed E-state index contributed by atoms with van der Waals surface area (Å²) in [5.74, 6) is 0.0642. The van der Waals surface area contributed by atoms with Gasteiger partial charge in [0, 0.05) is 20.3 Å². The number of methoxy groups -OCH3 is 1. The average Bonchev–Trinajstić information content (AvgIpc) is 2.42. The highest BCUT2D eigenvalue weighted by Crippen LogP contribution is 2.38. The largest absolute Gasteiger partial charge is 0.385 e. The van der Waals surface area contributed by atoms with Crippen molar-refractivity contribution < 1.29 is 14.3 Å². The SMILES string of the molecule is COCCCN1C(=O)C(C)(C)NC(=O)C12CCCCC2. The van der Waals surface area contributed by atoms with E-state index in [2.05, 4.69) is 5.32 Å². The molecule has 114 valence electrons. The predicted octanol–water partition coefficient (Wildman–Crippen LogP) is 1.46. The monoisotopic (exact) mass is 282 g/mol. The fraction of sp³-hybridized carbons (Fsp3) is 0.867. The van der Waals surface area contributed by atoms with Gasteiger partial charge in [0.25, 0.3) is 0 Å². The van der Waals surface area contributed by atoms with Crippen LogP contribution in [0.4, 0.5) is 0 Å². The van der Waals surface area contributed by atoms with Gasteiger partial charge in [-0.25, -0.2) is 0 Å². The van der Waals surface area contributed by atoms with Crippen LogP contribution < -0.4 is 5.32 Å². The molecule has 0 radical (unpaired) electrons. The number of carbonyl (C=O) groups excluding carboxylic acids is 2. The molecular weight excluding hydrogens is 256 g/mol. The van der Waals surface area contributed by atoms with Gasteiger partial charge in [-0.2, -0.15) is 0 Å². The molecule has 1 saturated heterocycles. The summed E-state index contributed by atoms with van der Waals surface area (Å²) >= 11 is 0. The lowest BCUT2D eigenvalue weighted by Crippen LogP contribution is -2.74. The van der Waals surface area contributed by atoms with Crippen LogP contribution in [-0.4, -0.2) is 48.1 Å². The van der Waals surface area contributed by atoms with Crippen LogP contribution in [0.3, 0.4) is 0 Å². The Morgan fingerprint density at radius 1 is 1.20 bits per heavy atom. The third-order valence-electron chi connectivity index (χ3n) is 4.56. The van der Waals surface area contributed by atoms with E-state index >= 15 is 0 Å². The zero-order chi connectivity index (χ0) is 14.8. The molecule has 1 spiro atoms. The van der Waals surface area contributed by atoms with Crippen LogP contribution in [0.5, 0.6) is 0 Å². The summed E-state index contributed by atoms with van der Waals surface area (Å²) in [5, 5.41) is 2.92. The van der Waals surface area contributed by atoms with Crippen molar-refractivity contribution in [1.29, 1.82) is 0 Å². The van der Waals surface area contributed by atoms with Gasteiger partial charge < -0.3 is 15.0 Å². The summed E-state index contributed by atoms with van der Waals surface area (Å²) in [7, 11) is 1.66. The van der Waals surface area contributed by atoms with E-state index in [1.54, 1.807) is 21.0 Å². The molecule has 1 N–H and O–H groups in total. The van der Waals surface area contributed by atoms with Crippen molar-refractivity contribution >= 4 is 11.8 Å². The first-order valence-corrected chi connectivity index (χ1v) is 7.58. The van der Waals surface area contributed by atoms with Crippen LogP contribution in [-0.2, 0) is 14.3 Å². The Bertz CT molecular complexity index is 387. The molecule has 2 fully saturated rings. The molecule has 0 aromatic carbocycles. The summed E-state index contributed by atoms with van der Waals surface area (Å²) in [6.45, 7) is 4.78. The first-order valence-electron chi connectivity index (χ1n) is 7.58. The van der Waals surface area contributed by atoms with Gasteiger partial charge in [0.15, 0.2) is 0 Å². The van der Waals surface area contributed by atoms with E-state index < -0.39 is 11.1 Å². The summed E-state index contributed by atoms with van der Waals surface area (Å²) in [4.78, 5) is 27.2. The fourth-order valence-electron chi connectivity index (χ4n) is 3.42. The van der Waals surface area contributed by atoms with Gasteiger partial charge in [-0.05, 0) is 33.1 Å². The number of hydrogen-bond acceptors (Lipinski definition) is 3. The van der Waals surface area contributed by atoms with E-state index in [-0.39, 0.29) is 11.8 Å². The third kappa shape index (κ3) is 2.55. The quantitative estimate of drug-likeness (QED) is 0.794. The van der Waals surface area contributed by atoms with Gasteiger partial charge in [-0.15, -0.1) is 0 Å². The molecule has 1 aliphatic heterocycles. The topological polar surface area (TPSA) is 58.6 Å². The molecule has 0 bridgehead atoms. The second-order valence-corrected chi connectivity index (χ2v) is 6.47. The second-order valence-electron chi connectivity index (χ2n) is 6.47. The van der Waals surface area contributed by atoms with Crippen LogP contribution in [0, 0.1) is 0 Å². The van der Waals surface area contributed by atoms with Crippen molar-refractivity contribution in [3.8, 4) is 0 Å². The van der Waals surface area contributed by atoms with Gasteiger partial charge in [0.1, 0.15) is 11.1 Å². The normalized spacial score (nSPS) is 24.9. The first kappa shape index (κ1) is 15.3. The van der Waals surface area contributed by atoms with Crippen molar-refractivity contribution in [2.24, 2.45) is 0 Å². The Morgan fingerprint density at radius 2 is 1.85 bits per heavy atom. The molecule has 1 heterocycles. The van der Waals surface area contributed by atoms with Gasteiger partial charge in [0.2, 0.25) is 11.8 Å². The summed E-state index contributed by atoms with van der Waals surface area (Å²) < 4.78 is 5.08. The maximum Gasteiger partial charge on any atom is 0.248 e. The van der Waals surface area contributed by atoms with Crippen LogP contribution in [0.1, 0.15) is 52.4 Å². The minimum Gasteiger partial charge on any atom is -0.385 e. The zero-order valence-corrected chi connectivity index (χ0v) is 12.8. The maximum absolute atomic E-state index is 12.7. The first-order chi connectivity index (χ1) is 9.44. The van der Waals surface area contributed by atoms with Gasteiger partial charge in [-0.1, -0.05) is 19.3 Å². The van der Waals surface area contributed by atoms with Gasteiger partial charge in [-0.3, -0.25) is 9.59 Å². The molecule has 2 amide bonds. The van der Waals surface area contributed by atoms with E-state index in [1.807, 2.05) is 4.90 Å². The number of carbonyl (C=O) groups is 2. The van der Waals surface area contributed by atoms with Crippen molar-refractivity contribution in [2.45, 2.75) is 63.5 Å². The Kier molecular flexibility index (Phi) is 4.37. The fourth-order valence-corrected chi connectivity index (χ4v) is 3.42. The number of amides is 2.